The van der Waals surface area contributed by atoms with Gasteiger partial charge in [-0.3, -0.25) is 0 Å². The maximum atomic E-state index is 10.8. The zero-order valence-corrected chi connectivity index (χ0v) is 17.5. The molecule has 3 aliphatic rings. The number of benzene rings is 2. The molecular formula is C24H29NO6. The Morgan fingerprint density at radius 1 is 1.00 bits per heavy atom. The fraction of sp³-hybridized carbons (Fsp3) is 0.500. The van der Waals surface area contributed by atoms with E-state index >= 15 is 0 Å². The number of phenolic OH excluding ortho intramolecular Hbond substituents is 1. The van der Waals surface area contributed by atoms with Crippen LogP contribution in [-0.2, 0) is 0 Å². The molecule has 1 spiro atoms. The Morgan fingerprint density at radius 2 is 1.74 bits per heavy atom. The maximum Gasteiger partial charge on any atom is 0.161 e. The first kappa shape index (κ1) is 20.4. The van der Waals surface area contributed by atoms with Crippen LogP contribution in [0.25, 0.3) is 0 Å². The average Bonchev–Trinajstić information content (AvgIpc) is 3.01. The molecule has 2 aromatic rings. The molecule has 1 fully saturated rings. The van der Waals surface area contributed by atoms with Gasteiger partial charge in [-0.15, -0.1) is 0 Å². The molecule has 166 valence electrons. The highest BCUT2D eigenvalue weighted by Crippen LogP contribution is 2.45. The van der Waals surface area contributed by atoms with E-state index in [4.69, 9.17) is 14.2 Å². The Morgan fingerprint density at radius 3 is 2.55 bits per heavy atom. The van der Waals surface area contributed by atoms with E-state index in [1.807, 2.05) is 18.2 Å². The summed E-state index contributed by atoms with van der Waals surface area (Å²) in [5.74, 6) is 2.21. The second-order valence-electron chi connectivity index (χ2n) is 8.80. The molecule has 5 rings (SSSR count). The van der Waals surface area contributed by atoms with Gasteiger partial charge in [-0.05, 0) is 48.7 Å². The van der Waals surface area contributed by atoms with Gasteiger partial charge in [0.05, 0.1) is 25.4 Å². The Labute approximate surface area is 181 Å². The number of phenols is 1. The first-order valence-electron chi connectivity index (χ1n) is 11.0. The summed E-state index contributed by atoms with van der Waals surface area (Å²) in [5.41, 5.74) is 1.07. The van der Waals surface area contributed by atoms with Gasteiger partial charge in [0.2, 0.25) is 0 Å². The minimum atomic E-state index is -0.644. The van der Waals surface area contributed by atoms with Crippen molar-refractivity contribution in [3.63, 3.8) is 0 Å². The van der Waals surface area contributed by atoms with Crippen molar-refractivity contribution in [2.75, 3.05) is 32.8 Å². The summed E-state index contributed by atoms with van der Waals surface area (Å²) in [6.07, 6.45) is 1.66. The second-order valence-corrected chi connectivity index (χ2v) is 8.80. The summed E-state index contributed by atoms with van der Waals surface area (Å²) in [7, 11) is 0. The molecule has 0 saturated carbocycles. The van der Waals surface area contributed by atoms with Crippen LogP contribution >= 0.6 is 0 Å². The third-order valence-electron chi connectivity index (χ3n) is 6.60. The molecule has 1 saturated heterocycles. The van der Waals surface area contributed by atoms with Gasteiger partial charge in [0.1, 0.15) is 17.1 Å². The van der Waals surface area contributed by atoms with E-state index in [9.17, 15) is 15.3 Å². The molecule has 0 amide bonds. The largest absolute Gasteiger partial charge is 0.508 e. The van der Waals surface area contributed by atoms with Gasteiger partial charge in [0.25, 0.3) is 0 Å². The van der Waals surface area contributed by atoms with E-state index in [1.54, 1.807) is 18.2 Å². The summed E-state index contributed by atoms with van der Waals surface area (Å²) in [6, 6.07) is 10.5. The number of ether oxygens (including phenoxy) is 3. The SMILES string of the molecule is Oc1ccc2c(c1)[C@@H](O)CC1(CCN(C[C@H](O)c3ccc4c(c3)OCCCO4)CC1)O2. The number of piperidine rings is 1. The molecule has 3 N–H and O–H groups in total. The molecule has 7 nitrogen and oxygen atoms in total. The Balaban J connectivity index is 1.21. The molecule has 0 aromatic heterocycles. The van der Waals surface area contributed by atoms with Gasteiger partial charge < -0.3 is 34.4 Å². The second kappa shape index (κ2) is 8.22. The number of aromatic hydroxyl groups is 1. The smallest absolute Gasteiger partial charge is 0.161 e. The topological polar surface area (TPSA) is 91.6 Å². The lowest BCUT2D eigenvalue weighted by molar-refractivity contribution is -0.0588. The van der Waals surface area contributed by atoms with Crippen molar-refractivity contribution in [1.82, 2.24) is 4.90 Å². The average molecular weight is 427 g/mol. The van der Waals surface area contributed by atoms with Crippen molar-refractivity contribution in [3.05, 3.63) is 47.5 Å². The van der Waals surface area contributed by atoms with Crippen LogP contribution in [0.15, 0.2) is 36.4 Å². The normalized spacial score (nSPS) is 23.5. The molecule has 3 aliphatic heterocycles. The maximum absolute atomic E-state index is 10.8. The predicted octanol–water partition coefficient (Wildman–Crippen LogP) is 2.94. The lowest BCUT2D eigenvalue weighted by Crippen LogP contribution is -2.51. The molecule has 0 unspecified atom stereocenters. The predicted molar refractivity (Wildman–Crippen MR) is 114 cm³/mol. The summed E-state index contributed by atoms with van der Waals surface area (Å²) in [4.78, 5) is 2.24. The quantitative estimate of drug-likeness (QED) is 0.694. The molecule has 31 heavy (non-hydrogen) atoms. The number of fused-ring (bicyclic) bond motifs is 2. The van der Waals surface area contributed by atoms with Gasteiger partial charge in [-0.2, -0.15) is 0 Å². The van der Waals surface area contributed by atoms with Crippen molar-refractivity contribution in [1.29, 1.82) is 0 Å². The van der Waals surface area contributed by atoms with E-state index in [1.165, 1.54) is 0 Å². The van der Waals surface area contributed by atoms with Crippen molar-refractivity contribution in [3.8, 4) is 23.0 Å². The van der Waals surface area contributed by atoms with Crippen LogP contribution in [0.4, 0.5) is 0 Å². The number of aliphatic hydroxyl groups excluding tert-OH is 2. The van der Waals surface area contributed by atoms with E-state index < -0.39 is 17.8 Å². The first-order valence-corrected chi connectivity index (χ1v) is 11.0. The Kier molecular flexibility index (Phi) is 5.42. The fourth-order valence-electron chi connectivity index (χ4n) is 4.81. The monoisotopic (exact) mass is 427 g/mol. The number of likely N-dealkylation sites (tertiary alicyclic amines) is 1. The number of β-amino-alcohol motifs (C(OH)–C–C–N with tert-alkyl or cyclic N) is 1. The molecule has 2 atom stereocenters. The standard InChI is InChI=1S/C24H29NO6/c26-17-3-5-21-18(13-17)19(27)14-24(31-21)6-8-25(9-7-24)15-20(28)16-2-4-22-23(12-16)30-11-1-10-29-22/h2-5,12-13,19-20,26-28H,1,6-11,14-15H2/t19-,20-/m0/s1. The first-order chi connectivity index (χ1) is 15.0. The van der Waals surface area contributed by atoms with Crippen LogP contribution in [-0.4, -0.2) is 58.7 Å². The number of aliphatic hydroxyl groups is 2. The summed E-state index contributed by atoms with van der Waals surface area (Å²) in [6.45, 7) is 3.36. The zero-order valence-electron chi connectivity index (χ0n) is 17.5. The van der Waals surface area contributed by atoms with Crippen LogP contribution in [0, 0.1) is 0 Å². The van der Waals surface area contributed by atoms with Gasteiger partial charge >= 0.3 is 0 Å². The van der Waals surface area contributed by atoms with E-state index in [2.05, 4.69) is 4.90 Å². The number of nitrogens with zero attached hydrogens (tertiary/aromatic N) is 1. The van der Waals surface area contributed by atoms with Gasteiger partial charge in [-0.25, -0.2) is 0 Å². The lowest BCUT2D eigenvalue weighted by Gasteiger charge is -2.46. The lowest BCUT2D eigenvalue weighted by atomic mass is 9.81. The fourth-order valence-corrected chi connectivity index (χ4v) is 4.81. The molecule has 0 aliphatic carbocycles. The third kappa shape index (κ3) is 4.18. The molecule has 0 bridgehead atoms. The van der Waals surface area contributed by atoms with Crippen molar-refractivity contribution < 1.29 is 29.5 Å². The van der Waals surface area contributed by atoms with Crippen LogP contribution in [0.3, 0.4) is 0 Å². The highest BCUT2D eigenvalue weighted by Gasteiger charge is 2.43. The summed E-state index contributed by atoms with van der Waals surface area (Å²) >= 11 is 0. The Bertz CT molecular complexity index is 940. The van der Waals surface area contributed by atoms with E-state index in [0.29, 0.717) is 43.2 Å². The molecule has 7 heteroatoms. The van der Waals surface area contributed by atoms with Gasteiger partial charge in [-0.1, -0.05) is 6.07 Å². The van der Waals surface area contributed by atoms with Crippen molar-refractivity contribution >= 4 is 0 Å². The molecular weight excluding hydrogens is 398 g/mol. The number of rotatable bonds is 3. The highest BCUT2D eigenvalue weighted by atomic mass is 16.5. The molecule has 2 aromatic carbocycles. The summed E-state index contributed by atoms with van der Waals surface area (Å²) in [5, 5.41) is 31.1. The number of hydrogen-bond donors (Lipinski definition) is 3. The van der Waals surface area contributed by atoms with Crippen LogP contribution < -0.4 is 14.2 Å². The third-order valence-corrected chi connectivity index (χ3v) is 6.60. The minimum Gasteiger partial charge on any atom is -0.508 e. The highest BCUT2D eigenvalue weighted by molar-refractivity contribution is 5.44. The minimum absolute atomic E-state index is 0.135. The van der Waals surface area contributed by atoms with Crippen LogP contribution in [0.5, 0.6) is 23.0 Å². The zero-order chi connectivity index (χ0) is 21.4. The van der Waals surface area contributed by atoms with Crippen LogP contribution in [0.1, 0.15) is 49.0 Å². The van der Waals surface area contributed by atoms with Gasteiger partial charge in [0.15, 0.2) is 11.5 Å². The number of hydrogen-bond acceptors (Lipinski definition) is 7. The summed E-state index contributed by atoms with van der Waals surface area (Å²) < 4.78 is 17.7. The van der Waals surface area contributed by atoms with Crippen molar-refractivity contribution in [2.45, 2.75) is 43.5 Å². The Hall–Kier alpha value is -2.48. The van der Waals surface area contributed by atoms with Crippen molar-refractivity contribution in [2.24, 2.45) is 0 Å². The molecule has 0 radical (unpaired) electrons. The van der Waals surface area contributed by atoms with Crippen LogP contribution in [0.2, 0.25) is 0 Å². The van der Waals surface area contributed by atoms with E-state index in [-0.39, 0.29) is 5.75 Å². The van der Waals surface area contributed by atoms with E-state index in [0.717, 1.165) is 43.7 Å². The molecule has 3 heterocycles. The van der Waals surface area contributed by atoms with Gasteiger partial charge in [0, 0.05) is 38.0 Å².